The summed E-state index contributed by atoms with van der Waals surface area (Å²) in [7, 11) is 0. The fraction of sp³-hybridized carbons (Fsp3) is 0.632. The van der Waals surface area contributed by atoms with Gasteiger partial charge in [0.1, 0.15) is 0 Å². The molecule has 2 saturated heterocycles. The molecule has 1 saturated carbocycles. The predicted molar refractivity (Wildman–Crippen MR) is 98.3 cm³/mol. The van der Waals surface area contributed by atoms with E-state index in [9.17, 15) is 4.79 Å². The van der Waals surface area contributed by atoms with E-state index in [1.807, 2.05) is 17.0 Å². The smallest absolute Gasteiger partial charge is 0.253 e. The molecule has 5 heteroatoms. The maximum Gasteiger partial charge on any atom is 0.253 e. The van der Waals surface area contributed by atoms with Gasteiger partial charge in [0.25, 0.3) is 5.91 Å². The van der Waals surface area contributed by atoms with Gasteiger partial charge in [0, 0.05) is 31.2 Å². The summed E-state index contributed by atoms with van der Waals surface area (Å²) in [6, 6.07) is 8.52. The summed E-state index contributed by atoms with van der Waals surface area (Å²) in [5.41, 5.74) is 8.29. The molecule has 0 aromatic heterocycles. The van der Waals surface area contributed by atoms with Gasteiger partial charge in [-0.15, -0.1) is 12.4 Å². The Morgan fingerprint density at radius 3 is 2.71 bits per heavy atom. The topological polar surface area (TPSA) is 49.6 Å². The lowest BCUT2D eigenvalue weighted by Crippen LogP contribution is -2.33. The Labute approximate surface area is 150 Å². The van der Waals surface area contributed by atoms with Crippen LogP contribution in [0, 0.1) is 11.8 Å². The van der Waals surface area contributed by atoms with Crippen molar-refractivity contribution in [1.82, 2.24) is 9.80 Å². The van der Waals surface area contributed by atoms with E-state index < -0.39 is 0 Å². The number of fused-ring (bicyclic) bond motifs is 1. The maximum absolute atomic E-state index is 12.8. The van der Waals surface area contributed by atoms with Gasteiger partial charge in [-0.05, 0) is 68.3 Å². The van der Waals surface area contributed by atoms with E-state index >= 15 is 0 Å². The van der Waals surface area contributed by atoms with Crippen molar-refractivity contribution in [2.45, 2.75) is 38.3 Å². The van der Waals surface area contributed by atoms with Crippen LogP contribution in [-0.2, 0) is 6.54 Å². The van der Waals surface area contributed by atoms with Crippen LogP contribution in [0.25, 0.3) is 0 Å². The highest BCUT2D eigenvalue weighted by molar-refractivity contribution is 5.94. The highest BCUT2D eigenvalue weighted by atomic mass is 35.5. The fourth-order valence-electron chi connectivity index (χ4n) is 4.66. The largest absolute Gasteiger partial charge is 0.338 e. The normalized spacial score (nSPS) is 29.5. The molecule has 3 unspecified atom stereocenters. The molecule has 4 rings (SSSR count). The first-order chi connectivity index (χ1) is 11.2. The number of halogens is 1. The molecule has 132 valence electrons. The number of likely N-dealkylation sites (tertiary alicyclic amines) is 2. The van der Waals surface area contributed by atoms with E-state index in [-0.39, 0.29) is 18.3 Å². The van der Waals surface area contributed by atoms with Crippen molar-refractivity contribution in [3.8, 4) is 0 Å². The molecule has 3 fully saturated rings. The van der Waals surface area contributed by atoms with Crippen LogP contribution in [0.3, 0.4) is 0 Å². The van der Waals surface area contributed by atoms with Gasteiger partial charge in [0.2, 0.25) is 0 Å². The number of carbonyl (C=O) groups excluding carboxylic acids is 1. The van der Waals surface area contributed by atoms with Crippen LogP contribution in [0.4, 0.5) is 0 Å². The Kier molecular flexibility index (Phi) is 5.48. The first kappa shape index (κ1) is 17.7. The van der Waals surface area contributed by atoms with E-state index in [0.29, 0.717) is 17.9 Å². The van der Waals surface area contributed by atoms with Crippen LogP contribution in [0.2, 0.25) is 0 Å². The first-order valence-electron chi connectivity index (χ1n) is 9.07. The number of carbonyl (C=O) groups is 1. The monoisotopic (exact) mass is 349 g/mol. The van der Waals surface area contributed by atoms with Crippen molar-refractivity contribution in [2.75, 3.05) is 26.2 Å². The van der Waals surface area contributed by atoms with Crippen LogP contribution in [0.15, 0.2) is 24.3 Å². The van der Waals surface area contributed by atoms with Crippen LogP contribution in [0.1, 0.15) is 41.6 Å². The highest BCUT2D eigenvalue weighted by Gasteiger charge is 2.42. The van der Waals surface area contributed by atoms with Crippen LogP contribution in [-0.4, -0.2) is 47.9 Å². The van der Waals surface area contributed by atoms with Gasteiger partial charge in [-0.1, -0.05) is 12.1 Å². The molecule has 2 N–H and O–H groups in total. The molecule has 2 heterocycles. The lowest BCUT2D eigenvalue weighted by atomic mass is 9.98. The fourth-order valence-corrected chi connectivity index (χ4v) is 4.66. The number of hydrogen-bond donors (Lipinski definition) is 1. The molecule has 0 bridgehead atoms. The SMILES string of the molecule is Cl.NC1CCC2CN(C(=O)c3cccc(CN4CCCC4)c3)CC12. The third-order valence-electron chi connectivity index (χ3n) is 5.98. The second-order valence-corrected chi connectivity index (χ2v) is 7.56. The average molecular weight is 350 g/mol. The highest BCUT2D eigenvalue weighted by Crippen LogP contribution is 2.37. The molecule has 3 aliphatic rings. The third-order valence-corrected chi connectivity index (χ3v) is 5.98. The molecule has 0 spiro atoms. The zero-order chi connectivity index (χ0) is 15.8. The third kappa shape index (κ3) is 3.46. The lowest BCUT2D eigenvalue weighted by molar-refractivity contribution is 0.0779. The second-order valence-electron chi connectivity index (χ2n) is 7.56. The summed E-state index contributed by atoms with van der Waals surface area (Å²) in [6.07, 6.45) is 4.91. The van der Waals surface area contributed by atoms with E-state index in [2.05, 4.69) is 17.0 Å². The van der Waals surface area contributed by atoms with Crippen LogP contribution in [0.5, 0.6) is 0 Å². The van der Waals surface area contributed by atoms with Gasteiger partial charge >= 0.3 is 0 Å². The van der Waals surface area contributed by atoms with Gasteiger partial charge < -0.3 is 10.6 Å². The summed E-state index contributed by atoms with van der Waals surface area (Å²) >= 11 is 0. The Bertz CT molecular complexity index is 588. The quantitative estimate of drug-likeness (QED) is 0.912. The molecular formula is C19H28ClN3O. The van der Waals surface area contributed by atoms with E-state index in [0.717, 1.165) is 31.6 Å². The molecule has 1 aromatic carbocycles. The molecule has 3 atom stereocenters. The summed E-state index contributed by atoms with van der Waals surface area (Å²) in [6.45, 7) is 5.09. The number of nitrogens with two attached hydrogens (primary N) is 1. The Hall–Kier alpha value is -1.10. The van der Waals surface area contributed by atoms with Crippen molar-refractivity contribution in [2.24, 2.45) is 17.6 Å². The van der Waals surface area contributed by atoms with Crippen molar-refractivity contribution in [3.63, 3.8) is 0 Å². The first-order valence-corrected chi connectivity index (χ1v) is 9.07. The van der Waals surface area contributed by atoms with Crippen LogP contribution >= 0.6 is 12.4 Å². The average Bonchev–Trinajstić information content (AvgIpc) is 3.27. The molecule has 2 aliphatic heterocycles. The van der Waals surface area contributed by atoms with Gasteiger partial charge in [-0.25, -0.2) is 0 Å². The number of amides is 1. The minimum Gasteiger partial charge on any atom is -0.338 e. The summed E-state index contributed by atoms with van der Waals surface area (Å²) < 4.78 is 0. The van der Waals surface area contributed by atoms with Gasteiger partial charge in [-0.3, -0.25) is 9.69 Å². The molecular weight excluding hydrogens is 322 g/mol. The van der Waals surface area contributed by atoms with Gasteiger partial charge in [0.05, 0.1) is 0 Å². The predicted octanol–water partition coefficient (Wildman–Crippen LogP) is 2.51. The molecule has 1 aliphatic carbocycles. The summed E-state index contributed by atoms with van der Waals surface area (Å²) in [5.74, 6) is 1.34. The number of rotatable bonds is 3. The molecule has 0 radical (unpaired) electrons. The Balaban J connectivity index is 0.00000169. The molecule has 4 nitrogen and oxygen atoms in total. The number of benzene rings is 1. The second kappa shape index (κ2) is 7.42. The minimum atomic E-state index is 0. The zero-order valence-electron chi connectivity index (χ0n) is 14.2. The van der Waals surface area contributed by atoms with E-state index in [1.165, 1.54) is 37.9 Å². The van der Waals surface area contributed by atoms with Gasteiger partial charge in [0.15, 0.2) is 0 Å². The van der Waals surface area contributed by atoms with E-state index in [4.69, 9.17) is 5.73 Å². The lowest BCUT2D eigenvalue weighted by Gasteiger charge is -2.20. The van der Waals surface area contributed by atoms with E-state index in [1.54, 1.807) is 0 Å². The van der Waals surface area contributed by atoms with Gasteiger partial charge in [-0.2, -0.15) is 0 Å². The molecule has 24 heavy (non-hydrogen) atoms. The number of hydrogen-bond acceptors (Lipinski definition) is 3. The van der Waals surface area contributed by atoms with Crippen molar-refractivity contribution < 1.29 is 4.79 Å². The molecule has 1 amide bonds. The Morgan fingerprint density at radius 2 is 1.96 bits per heavy atom. The summed E-state index contributed by atoms with van der Waals surface area (Å²) in [5, 5.41) is 0. The van der Waals surface area contributed by atoms with Crippen molar-refractivity contribution >= 4 is 18.3 Å². The molecule has 1 aromatic rings. The maximum atomic E-state index is 12.8. The van der Waals surface area contributed by atoms with Crippen molar-refractivity contribution in [3.05, 3.63) is 35.4 Å². The Morgan fingerprint density at radius 1 is 1.17 bits per heavy atom. The standard InChI is InChI=1S/C19H27N3O.ClH/c20-18-7-6-16-12-22(13-17(16)18)19(23)15-5-3-4-14(10-15)11-21-8-1-2-9-21;/h3-5,10,16-18H,1-2,6-9,11-13,20H2;1H. The zero-order valence-corrected chi connectivity index (χ0v) is 15.0. The minimum absolute atomic E-state index is 0. The summed E-state index contributed by atoms with van der Waals surface area (Å²) in [4.78, 5) is 17.4. The van der Waals surface area contributed by atoms with Crippen molar-refractivity contribution in [1.29, 1.82) is 0 Å². The number of nitrogens with zero attached hydrogens (tertiary/aromatic N) is 2. The van der Waals surface area contributed by atoms with Crippen LogP contribution < -0.4 is 5.73 Å².